The van der Waals surface area contributed by atoms with Crippen LogP contribution in [0.1, 0.15) is 74.8 Å². The van der Waals surface area contributed by atoms with E-state index in [-0.39, 0.29) is 0 Å². The van der Waals surface area contributed by atoms with Gasteiger partial charge in [-0.2, -0.15) is 0 Å². The summed E-state index contributed by atoms with van der Waals surface area (Å²) in [5.41, 5.74) is 2.82. The molecule has 2 nitrogen and oxygen atoms in total. The summed E-state index contributed by atoms with van der Waals surface area (Å²) >= 11 is 0. The molecule has 0 aliphatic heterocycles. The maximum atomic E-state index is 10.2. The minimum atomic E-state index is 0.402. The Morgan fingerprint density at radius 1 is 1.15 bits per heavy atom. The van der Waals surface area contributed by atoms with Gasteiger partial charge in [-0.15, -0.1) is 0 Å². The fraction of sp³-hybridized carbons (Fsp3) is 0.611. The quantitative estimate of drug-likeness (QED) is 0.549. The number of benzene rings is 1. The number of hydrogen-bond acceptors (Lipinski definition) is 2. The fourth-order valence-corrected chi connectivity index (χ4v) is 3.35. The molecular weight excluding hydrogens is 248 g/mol. The van der Waals surface area contributed by atoms with E-state index < -0.39 is 0 Å². The van der Waals surface area contributed by atoms with Crippen molar-refractivity contribution in [2.75, 3.05) is 0 Å². The smallest absolute Gasteiger partial charge is 0.119 e. The van der Waals surface area contributed by atoms with E-state index in [1.807, 2.05) is 12.1 Å². The highest BCUT2D eigenvalue weighted by Gasteiger charge is 2.19. The van der Waals surface area contributed by atoms with Crippen LogP contribution in [0.4, 0.5) is 0 Å². The van der Waals surface area contributed by atoms with Crippen LogP contribution in [0, 0.1) is 0 Å². The van der Waals surface area contributed by atoms with Crippen molar-refractivity contribution < 1.29 is 9.90 Å². The molecule has 0 amide bonds. The fourth-order valence-electron chi connectivity index (χ4n) is 3.35. The van der Waals surface area contributed by atoms with Gasteiger partial charge in [0, 0.05) is 6.42 Å². The summed E-state index contributed by atoms with van der Waals surface area (Å²) in [7, 11) is 0. The molecule has 1 atom stereocenters. The second-order valence-corrected chi connectivity index (χ2v) is 5.98. The van der Waals surface area contributed by atoms with Crippen LogP contribution in [0.15, 0.2) is 18.2 Å². The zero-order valence-corrected chi connectivity index (χ0v) is 12.3. The molecule has 0 saturated heterocycles. The van der Waals surface area contributed by atoms with Crippen molar-refractivity contribution >= 4 is 6.29 Å². The number of carbonyl (C=O) groups is 1. The van der Waals surface area contributed by atoms with Gasteiger partial charge in [-0.1, -0.05) is 31.7 Å². The van der Waals surface area contributed by atoms with Crippen molar-refractivity contribution in [2.24, 2.45) is 0 Å². The number of unbranched alkanes of at least 4 members (excludes halogenated alkanes) is 5. The number of phenolic OH excluding ortho intramolecular Hbond substituents is 1. The van der Waals surface area contributed by atoms with E-state index in [2.05, 4.69) is 6.07 Å². The van der Waals surface area contributed by atoms with Crippen LogP contribution in [0.25, 0.3) is 0 Å². The van der Waals surface area contributed by atoms with Gasteiger partial charge in [0.25, 0.3) is 0 Å². The summed E-state index contributed by atoms with van der Waals surface area (Å²) in [6, 6.07) is 5.90. The summed E-state index contributed by atoms with van der Waals surface area (Å²) in [6.45, 7) is 0. The van der Waals surface area contributed by atoms with Gasteiger partial charge < -0.3 is 9.90 Å². The average molecular weight is 274 g/mol. The molecule has 1 aliphatic carbocycles. The van der Waals surface area contributed by atoms with Crippen molar-refractivity contribution in [2.45, 2.75) is 70.1 Å². The lowest BCUT2D eigenvalue weighted by atomic mass is 9.80. The van der Waals surface area contributed by atoms with Crippen LogP contribution < -0.4 is 0 Å². The maximum Gasteiger partial charge on any atom is 0.119 e. The Hall–Kier alpha value is -1.31. The Kier molecular flexibility index (Phi) is 6.10. The minimum absolute atomic E-state index is 0.402. The Bertz CT molecular complexity index is 425. The van der Waals surface area contributed by atoms with Gasteiger partial charge in [0.05, 0.1) is 0 Å². The number of phenols is 1. The van der Waals surface area contributed by atoms with E-state index in [0.717, 1.165) is 25.5 Å². The van der Waals surface area contributed by atoms with Crippen LogP contribution >= 0.6 is 0 Å². The molecule has 2 heteroatoms. The molecule has 1 unspecified atom stereocenters. The topological polar surface area (TPSA) is 37.3 Å². The first-order chi connectivity index (χ1) is 9.81. The summed E-state index contributed by atoms with van der Waals surface area (Å²) < 4.78 is 0. The van der Waals surface area contributed by atoms with Gasteiger partial charge in [0.1, 0.15) is 12.0 Å². The lowest BCUT2D eigenvalue weighted by Crippen LogP contribution is -2.09. The zero-order valence-electron chi connectivity index (χ0n) is 12.3. The Balaban J connectivity index is 1.73. The van der Waals surface area contributed by atoms with Gasteiger partial charge in [0.15, 0.2) is 0 Å². The number of aldehydes is 1. The van der Waals surface area contributed by atoms with Crippen molar-refractivity contribution in [3.8, 4) is 5.75 Å². The van der Waals surface area contributed by atoms with Crippen LogP contribution in [0.5, 0.6) is 5.75 Å². The zero-order chi connectivity index (χ0) is 14.2. The molecule has 0 radical (unpaired) electrons. The van der Waals surface area contributed by atoms with Crippen LogP contribution in [-0.2, 0) is 11.2 Å². The van der Waals surface area contributed by atoms with Gasteiger partial charge in [-0.05, 0) is 61.3 Å². The molecule has 1 aromatic carbocycles. The molecule has 0 fully saturated rings. The first-order valence-electron chi connectivity index (χ1n) is 8.06. The number of aromatic hydroxyl groups is 1. The largest absolute Gasteiger partial charge is 0.508 e. The van der Waals surface area contributed by atoms with Gasteiger partial charge >= 0.3 is 0 Å². The first-order valence-corrected chi connectivity index (χ1v) is 8.06. The van der Waals surface area contributed by atoms with Crippen molar-refractivity contribution in [1.29, 1.82) is 0 Å². The molecule has 0 saturated carbocycles. The van der Waals surface area contributed by atoms with Crippen LogP contribution in [-0.4, -0.2) is 11.4 Å². The maximum absolute atomic E-state index is 10.2. The molecule has 1 aromatic rings. The third-order valence-corrected chi connectivity index (χ3v) is 4.44. The molecule has 2 rings (SSSR count). The summed E-state index contributed by atoms with van der Waals surface area (Å²) in [5, 5.41) is 9.57. The SMILES string of the molecule is O=CCCCCCCCC1CCCc2cc(O)ccc21. The van der Waals surface area contributed by atoms with E-state index in [1.165, 1.54) is 56.1 Å². The van der Waals surface area contributed by atoms with Gasteiger partial charge in [-0.3, -0.25) is 0 Å². The van der Waals surface area contributed by atoms with Crippen molar-refractivity contribution in [3.63, 3.8) is 0 Å². The summed E-state index contributed by atoms with van der Waals surface area (Å²) in [6.07, 6.45) is 12.7. The predicted molar refractivity (Wildman–Crippen MR) is 82.2 cm³/mol. The van der Waals surface area contributed by atoms with Crippen molar-refractivity contribution in [3.05, 3.63) is 29.3 Å². The van der Waals surface area contributed by atoms with E-state index >= 15 is 0 Å². The van der Waals surface area contributed by atoms with Crippen molar-refractivity contribution in [1.82, 2.24) is 0 Å². The Labute approximate surface area is 122 Å². The highest BCUT2D eigenvalue weighted by molar-refractivity contribution is 5.48. The minimum Gasteiger partial charge on any atom is -0.508 e. The van der Waals surface area contributed by atoms with E-state index in [9.17, 15) is 9.90 Å². The highest BCUT2D eigenvalue weighted by atomic mass is 16.3. The molecule has 110 valence electrons. The number of rotatable bonds is 8. The second kappa shape index (κ2) is 8.08. The molecule has 1 aliphatic rings. The Morgan fingerprint density at radius 3 is 2.80 bits per heavy atom. The number of hydrogen-bond donors (Lipinski definition) is 1. The second-order valence-electron chi connectivity index (χ2n) is 5.98. The summed E-state index contributed by atoms with van der Waals surface area (Å²) in [4.78, 5) is 10.2. The molecule has 1 N–H and O–H groups in total. The monoisotopic (exact) mass is 274 g/mol. The molecule has 0 heterocycles. The molecule has 0 spiro atoms. The lowest BCUT2D eigenvalue weighted by molar-refractivity contribution is -0.107. The van der Waals surface area contributed by atoms with Gasteiger partial charge in [0.2, 0.25) is 0 Å². The lowest BCUT2D eigenvalue weighted by Gasteiger charge is -2.25. The molecule has 0 aromatic heterocycles. The molecule has 20 heavy (non-hydrogen) atoms. The predicted octanol–water partition coefficient (Wildman–Crippen LogP) is 4.74. The van der Waals surface area contributed by atoms with E-state index in [0.29, 0.717) is 11.7 Å². The third-order valence-electron chi connectivity index (χ3n) is 4.44. The van der Waals surface area contributed by atoms with Crippen LogP contribution in [0.2, 0.25) is 0 Å². The average Bonchev–Trinajstić information content (AvgIpc) is 2.46. The number of carbonyl (C=O) groups excluding carboxylic acids is 1. The summed E-state index contributed by atoms with van der Waals surface area (Å²) in [5.74, 6) is 1.09. The molecule has 0 bridgehead atoms. The highest BCUT2D eigenvalue weighted by Crippen LogP contribution is 2.36. The van der Waals surface area contributed by atoms with Gasteiger partial charge in [-0.25, -0.2) is 0 Å². The van der Waals surface area contributed by atoms with E-state index in [4.69, 9.17) is 0 Å². The Morgan fingerprint density at radius 2 is 1.95 bits per heavy atom. The van der Waals surface area contributed by atoms with Crippen LogP contribution in [0.3, 0.4) is 0 Å². The molecular formula is C18H26O2. The first kappa shape index (κ1) is 15.1. The normalized spacial score (nSPS) is 17.7. The van der Waals surface area contributed by atoms with E-state index in [1.54, 1.807) is 0 Å². The number of aryl methyl sites for hydroxylation is 1. The third kappa shape index (κ3) is 4.36. The standard InChI is InChI=1S/C18H26O2/c19-13-6-4-2-1-3-5-8-15-9-7-10-16-14-17(20)11-12-18(15)16/h11-15,20H,1-10H2. The number of fused-ring (bicyclic) bond motifs is 1.